The Morgan fingerprint density at radius 2 is 1.74 bits per heavy atom. The van der Waals surface area contributed by atoms with E-state index in [1.807, 2.05) is 56.0 Å². The highest BCUT2D eigenvalue weighted by Gasteiger charge is 2.29. The van der Waals surface area contributed by atoms with E-state index in [0.29, 0.717) is 41.0 Å². The van der Waals surface area contributed by atoms with E-state index in [1.165, 1.54) is 0 Å². The normalized spacial score (nSPS) is 16.5. The predicted molar refractivity (Wildman–Crippen MR) is 185 cm³/mol. The fraction of sp³-hybridized carbons (Fsp3) is 0.432. The highest BCUT2D eigenvalue weighted by Crippen LogP contribution is 2.35. The zero-order valence-electron chi connectivity index (χ0n) is 27.9. The van der Waals surface area contributed by atoms with Gasteiger partial charge in [0.15, 0.2) is 0 Å². The fourth-order valence-electron chi connectivity index (χ4n) is 6.56. The number of piperazine rings is 1. The largest absolute Gasteiger partial charge is 0.358 e. The quantitative estimate of drug-likeness (QED) is 0.231. The second-order valence-electron chi connectivity index (χ2n) is 12.3. The van der Waals surface area contributed by atoms with Crippen molar-refractivity contribution in [2.45, 2.75) is 53.5 Å². The molecule has 244 valence electrons. The highest BCUT2D eigenvalue weighted by molar-refractivity contribution is 6.35. The molecule has 0 radical (unpaired) electrons. The van der Waals surface area contributed by atoms with Crippen LogP contribution in [0, 0.1) is 13.8 Å². The van der Waals surface area contributed by atoms with Gasteiger partial charge in [-0.15, -0.1) is 0 Å². The van der Waals surface area contributed by atoms with E-state index in [4.69, 9.17) is 0 Å². The molecule has 3 heterocycles. The number of aromatic nitrogens is 1. The molecule has 9 heteroatoms. The van der Waals surface area contributed by atoms with E-state index in [-0.39, 0.29) is 23.8 Å². The molecule has 9 nitrogen and oxygen atoms in total. The van der Waals surface area contributed by atoms with Gasteiger partial charge in [-0.1, -0.05) is 51.1 Å². The molecule has 1 fully saturated rings. The first kappa shape index (κ1) is 33.2. The number of aryl methyl sites for hydroxylation is 1. The van der Waals surface area contributed by atoms with Gasteiger partial charge >= 0.3 is 0 Å². The van der Waals surface area contributed by atoms with Crippen LogP contribution >= 0.6 is 0 Å². The number of carbonyl (C=O) groups is 3. The predicted octanol–water partition coefficient (Wildman–Crippen LogP) is 5.50. The molecule has 0 bridgehead atoms. The number of likely N-dealkylation sites (N-methyl/N-ethyl adjacent to an activating group) is 1. The van der Waals surface area contributed by atoms with Gasteiger partial charge in [0.05, 0.1) is 17.2 Å². The number of carbonyl (C=O) groups excluding carboxylic acids is 3. The molecule has 1 aromatic heterocycles. The number of nitrogens with one attached hydrogen (secondary N) is 3. The Kier molecular flexibility index (Phi) is 10.8. The van der Waals surface area contributed by atoms with E-state index in [0.717, 1.165) is 74.6 Å². The van der Waals surface area contributed by atoms with Gasteiger partial charge in [0, 0.05) is 67.5 Å². The van der Waals surface area contributed by atoms with Crippen LogP contribution in [-0.4, -0.2) is 89.8 Å². The lowest BCUT2D eigenvalue weighted by Gasteiger charge is -2.36. The van der Waals surface area contributed by atoms with E-state index in [9.17, 15) is 14.4 Å². The number of hydrogen-bond acceptors (Lipinski definition) is 5. The Bertz CT molecular complexity index is 1590. The summed E-state index contributed by atoms with van der Waals surface area (Å²) in [6.07, 6.45) is 3.72. The Morgan fingerprint density at radius 1 is 1.00 bits per heavy atom. The van der Waals surface area contributed by atoms with Crippen LogP contribution in [0.15, 0.2) is 48.5 Å². The summed E-state index contributed by atoms with van der Waals surface area (Å²) in [5.41, 5.74) is 6.31. The van der Waals surface area contributed by atoms with E-state index >= 15 is 0 Å². The van der Waals surface area contributed by atoms with Gasteiger partial charge in [-0.3, -0.25) is 19.3 Å². The van der Waals surface area contributed by atoms with Crippen LogP contribution in [0.1, 0.15) is 88.4 Å². The van der Waals surface area contributed by atoms with Crippen LogP contribution < -0.4 is 10.6 Å². The topological polar surface area (TPSA) is 101 Å². The molecule has 3 aromatic rings. The summed E-state index contributed by atoms with van der Waals surface area (Å²) in [5, 5.41) is 6.06. The zero-order chi connectivity index (χ0) is 32.8. The van der Waals surface area contributed by atoms with Gasteiger partial charge in [-0.05, 0) is 75.2 Å². The number of hydrogen-bond donors (Lipinski definition) is 3. The van der Waals surface area contributed by atoms with Gasteiger partial charge in [0.25, 0.3) is 17.7 Å². The summed E-state index contributed by atoms with van der Waals surface area (Å²) < 4.78 is 0. The van der Waals surface area contributed by atoms with Gasteiger partial charge in [-0.2, -0.15) is 0 Å². The third-order valence-corrected chi connectivity index (χ3v) is 9.34. The number of H-pyrrole nitrogens is 1. The van der Waals surface area contributed by atoms with Crippen molar-refractivity contribution in [3.8, 4) is 0 Å². The summed E-state index contributed by atoms with van der Waals surface area (Å²) in [6, 6.07) is 15.1. The smallest absolute Gasteiger partial charge is 0.256 e. The molecule has 3 amide bonds. The van der Waals surface area contributed by atoms with E-state index < -0.39 is 0 Å². The van der Waals surface area contributed by atoms with Crippen LogP contribution in [0.3, 0.4) is 0 Å². The lowest BCUT2D eigenvalue weighted by Crippen LogP contribution is -2.50. The van der Waals surface area contributed by atoms with E-state index in [2.05, 4.69) is 39.3 Å². The molecule has 2 aliphatic rings. The fourth-order valence-corrected chi connectivity index (χ4v) is 6.56. The first-order valence-corrected chi connectivity index (χ1v) is 16.7. The molecule has 0 spiro atoms. The monoisotopic (exact) mass is 624 g/mol. The van der Waals surface area contributed by atoms with Crippen molar-refractivity contribution >= 4 is 35.1 Å². The van der Waals surface area contributed by atoms with Gasteiger partial charge in [0.2, 0.25) is 0 Å². The van der Waals surface area contributed by atoms with Crippen molar-refractivity contribution in [2.24, 2.45) is 0 Å². The lowest BCUT2D eigenvalue weighted by molar-refractivity contribution is -0.110. The number of amides is 3. The summed E-state index contributed by atoms with van der Waals surface area (Å²) in [7, 11) is 0. The van der Waals surface area contributed by atoms with Crippen LogP contribution in [0.25, 0.3) is 11.6 Å². The number of nitrogens with zero attached hydrogens (tertiary/aromatic N) is 3. The van der Waals surface area contributed by atoms with Gasteiger partial charge in [-0.25, -0.2) is 0 Å². The Labute approximate surface area is 273 Å². The SMILES string of the molecule is CCCN(CC)CCN1CCN(C(=O)c2c(C)[nH]c(C=C3C(=O)Nc4ccc(C(=O)NC(CC)c5ccccc5)cc43)c2C)CC1. The van der Waals surface area contributed by atoms with Gasteiger partial charge in [0.1, 0.15) is 0 Å². The van der Waals surface area contributed by atoms with Crippen molar-refractivity contribution < 1.29 is 14.4 Å². The molecule has 0 aliphatic carbocycles. The minimum atomic E-state index is -0.237. The number of anilines is 1. The minimum Gasteiger partial charge on any atom is -0.358 e. The Hall–Kier alpha value is -4.21. The van der Waals surface area contributed by atoms with Gasteiger partial charge < -0.3 is 25.4 Å². The molecule has 3 N–H and O–H groups in total. The molecule has 0 saturated carbocycles. The molecule has 46 heavy (non-hydrogen) atoms. The van der Waals surface area contributed by atoms with Crippen LogP contribution in [0.5, 0.6) is 0 Å². The molecule has 5 rings (SSSR count). The number of benzene rings is 2. The summed E-state index contributed by atoms with van der Waals surface area (Å²) in [5.74, 6) is -0.406. The van der Waals surface area contributed by atoms with Crippen molar-refractivity contribution in [1.29, 1.82) is 0 Å². The van der Waals surface area contributed by atoms with Crippen LogP contribution in [0.2, 0.25) is 0 Å². The van der Waals surface area contributed by atoms with Crippen molar-refractivity contribution in [1.82, 2.24) is 25.0 Å². The van der Waals surface area contributed by atoms with Crippen LogP contribution in [0.4, 0.5) is 5.69 Å². The average molecular weight is 625 g/mol. The van der Waals surface area contributed by atoms with Crippen LogP contribution in [-0.2, 0) is 4.79 Å². The zero-order valence-corrected chi connectivity index (χ0v) is 27.9. The highest BCUT2D eigenvalue weighted by atomic mass is 16.2. The van der Waals surface area contributed by atoms with E-state index in [1.54, 1.807) is 24.3 Å². The van der Waals surface area contributed by atoms with Crippen molar-refractivity contribution in [3.05, 3.63) is 87.7 Å². The second-order valence-corrected chi connectivity index (χ2v) is 12.3. The second kappa shape index (κ2) is 14.9. The number of fused-ring (bicyclic) bond motifs is 1. The molecule has 1 saturated heterocycles. The standard InChI is InChI=1S/C37H48N6O3/c1-6-16-41(8-3)17-18-42-19-21-43(22-20-42)37(46)34-25(4)33(38-26(34)5)24-30-29-23-28(14-15-32(29)40-36(30)45)35(44)39-31(7-2)27-12-10-9-11-13-27/h9-15,23-24,31,38H,6-8,16-22H2,1-5H3,(H,39,44)(H,40,45). The molecule has 2 aromatic carbocycles. The number of rotatable bonds is 12. The molecule has 2 aliphatic heterocycles. The maximum Gasteiger partial charge on any atom is 0.256 e. The molecular formula is C37H48N6O3. The molecular weight excluding hydrogens is 576 g/mol. The lowest BCUT2D eigenvalue weighted by atomic mass is 10.0. The molecule has 1 unspecified atom stereocenters. The summed E-state index contributed by atoms with van der Waals surface area (Å²) in [6.45, 7) is 17.7. The van der Waals surface area contributed by atoms with Crippen molar-refractivity contribution in [2.75, 3.05) is 57.7 Å². The first-order chi connectivity index (χ1) is 22.2. The maximum absolute atomic E-state index is 13.7. The third-order valence-electron chi connectivity index (χ3n) is 9.34. The Balaban J connectivity index is 1.29. The average Bonchev–Trinajstić information content (AvgIpc) is 3.54. The minimum absolute atomic E-state index is 0.0239. The summed E-state index contributed by atoms with van der Waals surface area (Å²) >= 11 is 0. The number of aromatic amines is 1. The summed E-state index contributed by atoms with van der Waals surface area (Å²) in [4.78, 5) is 50.4. The molecule has 1 atom stereocenters. The third kappa shape index (κ3) is 7.26. The first-order valence-electron chi connectivity index (χ1n) is 16.7. The van der Waals surface area contributed by atoms with Crippen molar-refractivity contribution in [3.63, 3.8) is 0 Å². The maximum atomic E-state index is 13.7. The Morgan fingerprint density at radius 3 is 2.41 bits per heavy atom.